The summed E-state index contributed by atoms with van der Waals surface area (Å²) in [6, 6.07) is 34.9. The Morgan fingerprint density at radius 2 is 0.811 bits per heavy atom. The molecule has 0 saturated heterocycles. The van der Waals surface area contributed by atoms with Gasteiger partial charge in [0, 0.05) is 36.1 Å². The van der Waals surface area contributed by atoms with Crippen LogP contribution < -0.4 is 20.1 Å². The third-order valence-corrected chi connectivity index (χ3v) is 13.4. The van der Waals surface area contributed by atoms with Crippen molar-refractivity contribution in [3.05, 3.63) is 272 Å². The van der Waals surface area contributed by atoms with Gasteiger partial charge in [0.1, 0.15) is 34.8 Å². The predicted molar refractivity (Wildman–Crippen MR) is 284 cm³/mol. The van der Waals surface area contributed by atoms with E-state index in [1.165, 1.54) is 48.5 Å². The molecule has 2 atom stereocenters. The number of alkyl halides is 14. The van der Waals surface area contributed by atoms with Gasteiger partial charge in [0.05, 0.1) is 46.5 Å². The second-order valence-electron chi connectivity index (χ2n) is 19.5. The second-order valence-corrected chi connectivity index (χ2v) is 19.5. The fourth-order valence-electron chi connectivity index (χ4n) is 9.20. The average Bonchev–Trinajstić information content (AvgIpc) is 0.771. The molecule has 0 heterocycles. The molecule has 0 aliphatic rings. The van der Waals surface area contributed by atoms with Crippen LogP contribution in [0.5, 0.6) is 11.5 Å². The SMILES string of the molecule is COC(=O)c1ccc([C@@](Cc2ccccc2)(NC(=O)c2ccc(F)c(C(F)(F)F)c2)c2cc(F)cc(OC(F)(F)C(F)F)c2)cc1.N#Cc1ccc([C@@](Cc2ccccc2)(NC(=O)c2ccc(F)c(C(F)(F)F)c2)c2cc(F)cc(OC(F)(F)C(F)F)c2)cc1. The average molecular weight is 1280 g/mol. The first-order chi connectivity index (χ1) is 42.2. The first-order valence-corrected chi connectivity index (χ1v) is 25.7. The molecular weight excluding hydrogens is 1240 g/mol. The van der Waals surface area contributed by atoms with Gasteiger partial charge in [-0.25, -0.2) is 22.4 Å². The van der Waals surface area contributed by atoms with E-state index in [0.717, 1.165) is 43.5 Å². The molecule has 0 radical (unpaired) electrons. The highest BCUT2D eigenvalue weighted by molar-refractivity contribution is 5.96. The van der Waals surface area contributed by atoms with Crippen LogP contribution >= 0.6 is 0 Å². The summed E-state index contributed by atoms with van der Waals surface area (Å²) >= 11 is 0. The van der Waals surface area contributed by atoms with Gasteiger partial charge >= 0.3 is 43.4 Å². The van der Waals surface area contributed by atoms with Crippen LogP contribution in [0.25, 0.3) is 0 Å². The van der Waals surface area contributed by atoms with Crippen molar-refractivity contribution >= 4 is 17.8 Å². The van der Waals surface area contributed by atoms with Crippen molar-refractivity contribution in [1.29, 1.82) is 5.26 Å². The van der Waals surface area contributed by atoms with E-state index < -0.39 is 123 Å². The van der Waals surface area contributed by atoms with Crippen LogP contribution in [0.4, 0.5) is 79.0 Å². The normalized spacial score (nSPS) is 13.2. The van der Waals surface area contributed by atoms with E-state index in [1.807, 2.05) is 6.07 Å². The van der Waals surface area contributed by atoms with Gasteiger partial charge in [-0.05, 0) is 118 Å². The van der Waals surface area contributed by atoms with Crippen LogP contribution in [0.15, 0.2) is 182 Å². The minimum Gasteiger partial charge on any atom is -0.465 e. The van der Waals surface area contributed by atoms with E-state index in [2.05, 4.69) is 24.8 Å². The van der Waals surface area contributed by atoms with E-state index >= 15 is 4.39 Å². The standard InChI is InChI=1S/C32H22F9NO4.C31H19F9N2O2/c1-45-28(44)19-7-10-21(11-8-19)30(17-18-5-3-2-4-6-18,22-14-23(33)16-24(15-22)46-32(40,41)29(35)36)42-27(43)20-9-12-26(34)25(13-20)31(37,38)39;32-23-13-22(14-24(15-23)44-31(39,40)28(34)35)29(16-18-4-2-1-3-5-18,21-9-6-19(17-41)7-10-21)42-27(43)20-8-11-26(33)25(12-20)30(36,37)38/h2-16,29H,17H2,1H3,(H,42,43);1-15,28H,16H2,(H,42,43)/t30-;29-/m11/s1. The van der Waals surface area contributed by atoms with Crippen molar-refractivity contribution in [1.82, 2.24) is 10.6 Å². The summed E-state index contributed by atoms with van der Waals surface area (Å²) < 4.78 is 259. The molecule has 0 aromatic heterocycles. The summed E-state index contributed by atoms with van der Waals surface area (Å²) in [6.45, 7) is 0. The summed E-state index contributed by atoms with van der Waals surface area (Å²) in [7, 11) is 1.11. The number of esters is 1. The van der Waals surface area contributed by atoms with Crippen molar-refractivity contribution in [2.75, 3.05) is 7.11 Å². The van der Waals surface area contributed by atoms with Crippen molar-refractivity contribution in [2.24, 2.45) is 0 Å². The van der Waals surface area contributed by atoms with Gasteiger partial charge < -0.3 is 24.8 Å². The Kier molecular flexibility index (Phi) is 20.4. The lowest BCUT2D eigenvalue weighted by Gasteiger charge is -2.37. The van der Waals surface area contributed by atoms with Crippen LogP contribution in [0, 0.1) is 34.6 Å². The molecule has 8 rings (SSSR count). The third-order valence-electron chi connectivity index (χ3n) is 13.4. The maximum Gasteiger partial charge on any atom is 0.461 e. The molecule has 9 nitrogen and oxygen atoms in total. The number of nitriles is 1. The Bertz CT molecular complexity index is 3900. The molecule has 0 spiro atoms. The molecule has 0 bridgehead atoms. The lowest BCUT2D eigenvalue weighted by Crippen LogP contribution is -2.49. The Labute approximate surface area is 498 Å². The fraction of sp³-hybridized carbons (Fsp3) is 0.175. The lowest BCUT2D eigenvalue weighted by atomic mass is 9.77. The molecular formula is C63H41F18N3O6. The number of nitrogens with zero attached hydrogens (tertiary/aromatic N) is 1. The molecule has 0 fully saturated rings. The van der Waals surface area contributed by atoms with Gasteiger partial charge in [0.25, 0.3) is 11.8 Å². The maximum absolute atomic E-state index is 15.0. The minimum atomic E-state index is -5.18. The largest absolute Gasteiger partial charge is 0.465 e. The van der Waals surface area contributed by atoms with Gasteiger partial charge in [-0.2, -0.15) is 66.7 Å². The molecule has 0 aliphatic carbocycles. The van der Waals surface area contributed by atoms with Gasteiger partial charge in [-0.3, -0.25) is 9.59 Å². The van der Waals surface area contributed by atoms with Crippen LogP contribution in [-0.4, -0.2) is 50.0 Å². The second kappa shape index (κ2) is 27.2. The quantitative estimate of drug-likeness (QED) is 0.0610. The van der Waals surface area contributed by atoms with Crippen molar-refractivity contribution < 1.29 is 108 Å². The molecule has 90 heavy (non-hydrogen) atoms. The van der Waals surface area contributed by atoms with Gasteiger partial charge in [-0.1, -0.05) is 84.9 Å². The summed E-state index contributed by atoms with van der Waals surface area (Å²) in [5.41, 5.74) is -8.50. The van der Waals surface area contributed by atoms with E-state index in [1.54, 1.807) is 60.7 Å². The number of carbonyl (C=O) groups is 3. The lowest BCUT2D eigenvalue weighted by molar-refractivity contribution is -0.253. The number of benzene rings is 8. The van der Waals surface area contributed by atoms with Gasteiger partial charge in [0.2, 0.25) is 0 Å². The number of rotatable bonds is 19. The van der Waals surface area contributed by atoms with E-state index in [4.69, 9.17) is 0 Å². The molecule has 27 heteroatoms. The Balaban J connectivity index is 0.000000256. The predicted octanol–water partition coefficient (Wildman–Crippen LogP) is 15.9. The highest BCUT2D eigenvalue weighted by Gasteiger charge is 2.47. The van der Waals surface area contributed by atoms with E-state index in [-0.39, 0.29) is 58.4 Å². The molecule has 2 N–H and O–H groups in total. The molecule has 8 aromatic rings. The van der Waals surface area contributed by atoms with E-state index in [9.17, 15) is 94.3 Å². The fourth-order valence-corrected chi connectivity index (χ4v) is 9.20. The monoisotopic (exact) mass is 1280 g/mol. The van der Waals surface area contributed by atoms with Crippen LogP contribution in [-0.2, 0) is 41.0 Å². The van der Waals surface area contributed by atoms with Crippen LogP contribution in [0.3, 0.4) is 0 Å². The van der Waals surface area contributed by atoms with E-state index in [0.29, 0.717) is 35.4 Å². The molecule has 0 aliphatic heterocycles. The Hall–Kier alpha value is -10.0. The third kappa shape index (κ3) is 16.0. The van der Waals surface area contributed by atoms with Crippen molar-refractivity contribution in [2.45, 2.75) is 61.3 Å². The van der Waals surface area contributed by atoms with Crippen LogP contribution in [0.2, 0.25) is 0 Å². The zero-order chi connectivity index (χ0) is 66.1. The van der Waals surface area contributed by atoms with Gasteiger partial charge in [0.15, 0.2) is 0 Å². The number of hydrogen-bond donors (Lipinski definition) is 2. The topological polar surface area (TPSA) is 127 Å². The highest BCUT2D eigenvalue weighted by atomic mass is 19.4. The number of halogens is 18. The highest BCUT2D eigenvalue weighted by Crippen LogP contribution is 2.42. The molecule has 0 saturated carbocycles. The summed E-state index contributed by atoms with van der Waals surface area (Å²) in [6.07, 6.45) is -29.7. The summed E-state index contributed by atoms with van der Waals surface area (Å²) in [5.74, 6) is -11.2. The number of methoxy groups -OCH3 is 1. The first kappa shape index (κ1) is 67.5. The number of amides is 2. The number of ether oxygens (including phenoxy) is 3. The summed E-state index contributed by atoms with van der Waals surface area (Å²) in [4.78, 5) is 39.4. The zero-order valence-corrected chi connectivity index (χ0v) is 45.6. The molecule has 8 aromatic carbocycles. The van der Waals surface area contributed by atoms with Crippen molar-refractivity contribution in [3.8, 4) is 17.6 Å². The first-order valence-electron chi connectivity index (χ1n) is 25.7. The molecule has 470 valence electrons. The molecule has 2 amide bonds. The van der Waals surface area contributed by atoms with Crippen LogP contribution in [0.1, 0.15) is 81.1 Å². The number of carbonyl (C=O) groups excluding carboxylic acids is 3. The number of nitrogens with one attached hydrogen (secondary N) is 2. The number of hydrogen-bond acceptors (Lipinski definition) is 7. The molecule has 0 unspecified atom stereocenters. The van der Waals surface area contributed by atoms with Gasteiger partial charge in [-0.15, -0.1) is 0 Å². The van der Waals surface area contributed by atoms with Crippen molar-refractivity contribution in [3.63, 3.8) is 0 Å². The summed E-state index contributed by atoms with van der Waals surface area (Å²) in [5, 5.41) is 14.3. The minimum absolute atomic E-state index is 0.0133. The maximum atomic E-state index is 15.0. The zero-order valence-electron chi connectivity index (χ0n) is 45.6. The Morgan fingerprint density at radius 1 is 0.456 bits per heavy atom. The Morgan fingerprint density at radius 3 is 1.14 bits per heavy atom. The smallest absolute Gasteiger partial charge is 0.461 e.